The highest BCUT2D eigenvalue weighted by Gasteiger charge is 2.30. The fourth-order valence-electron chi connectivity index (χ4n) is 3.85. The summed E-state index contributed by atoms with van der Waals surface area (Å²) in [6.45, 7) is 8.15. The number of hydrogen-bond donors (Lipinski definition) is 2. The molecule has 3 aromatic rings. The largest absolute Gasteiger partial charge is 0.381 e. The van der Waals surface area contributed by atoms with Crippen LogP contribution >= 0.6 is 0 Å². The van der Waals surface area contributed by atoms with E-state index >= 15 is 0 Å². The first-order valence-electron chi connectivity index (χ1n) is 10.3. The third-order valence-corrected chi connectivity index (χ3v) is 5.23. The molecule has 2 aromatic heterocycles. The molecular weight excluding hydrogens is 399 g/mol. The van der Waals surface area contributed by atoms with Gasteiger partial charge in [0, 0.05) is 18.3 Å². The Balaban J connectivity index is 1.70. The summed E-state index contributed by atoms with van der Waals surface area (Å²) < 4.78 is 16.0. The lowest BCUT2D eigenvalue weighted by Crippen LogP contribution is -2.34. The van der Waals surface area contributed by atoms with Gasteiger partial charge in [0.2, 0.25) is 0 Å². The van der Waals surface area contributed by atoms with Crippen molar-refractivity contribution in [3.8, 4) is 0 Å². The maximum Gasteiger partial charge on any atom is 0.282 e. The van der Waals surface area contributed by atoms with E-state index in [1.165, 1.54) is 10.6 Å². The van der Waals surface area contributed by atoms with Crippen LogP contribution < -0.4 is 16.1 Å². The molecule has 0 unspecified atom stereocenters. The van der Waals surface area contributed by atoms with Crippen LogP contribution in [0.4, 0.5) is 16.0 Å². The second-order valence-electron chi connectivity index (χ2n) is 8.84. The third kappa shape index (κ3) is 4.18. The molecule has 0 aliphatic carbocycles. The summed E-state index contributed by atoms with van der Waals surface area (Å²) in [6, 6.07) is 6.83. The Morgan fingerprint density at radius 3 is 2.84 bits per heavy atom. The highest BCUT2D eigenvalue weighted by atomic mass is 19.1. The van der Waals surface area contributed by atoms with Crippen molar-refractivity contribution in [1.29, 1.82) is 0 Å². The average Bonchev–Trinajstić information content (AvgIpc) is 3.30. The van der Waals surface area contributed by atoms with Crippen LogP contribution in [0.2, 0.25) is 0 Å². The van der Waals surface area contributed by atoms with Crippen molar-refractivity contribution in [2.75, 3.05) is 17.2 Å². The van der Waals surface area contributed by atoms with Crippen LogP contribution in [0.5, 0.6) is 0 Å². The highest BCUT2D eigenvalue weighted by Crippen LogP contribution is 2.37. The topological polar surface area (TPSA) is 97.8 Å². The summed E-state index contributed by atoms with van der Waals surface area (Å²) in [5.74, 6) is -0.0460. The first-order valence-corrected chi connectivity index (χ1v) is 10.3. The normalized spacial score (nSPS) is 16.8. The number of nitrogen functional groups attached to an aromatic ring is 1. The number of nitrogens with one attached hydrogen (secondary N) is 1. The molecule has 31 heavy (non-hydrogen) atoms. The smallest absolute Gasteiger partial charge is 0.282 e. The van der Waals surface area contributed by atoms with Crippen molar-refractivity contribution >= 4 is 23.2 Å². The van der Waals surface area contributed by atoms with E-state index < -0.39 is 11.5 Å². The predicted molar refractivity (Wildman–Crippen MR) is 116 cm³/mol. The number of nitrogens with zero attached hydrogens (tertiary/aromatic N) is 4. The molecule has 0 radical (unpaired) electrons. The molecule has 1 saturated heterocycles. The van der Waals surface area contributed by atoms with Gasteiger partial charge < -0.3 is 10.6 Å². The van der Waals surface area contributed by atoms with E-state index in [0.717, 1.165) is 24.9 Å². The van der Waals surface area contributed by atoms with Gasteiger partial charge in [-0.2, -0.15) is 0 Å². The second-order valence-corrected chi connectivity index (χ2v) is 8.84. The van der Waals surface area contributed by atoms with E-state index in [9.17, 15) is 9.18 Å². The molecule has 3 heterocycles. The lowest BCUT2D eigenvalue weighted by Gasteiger charge is -2.26. The number of nitrogens with two attached hydrogens (primary N) is 1. The third-order valence-electron chi connectivity index (χ3n) is 5.23. The molecule has 1 aliphatic heterocycles. The number of amides is 1. The van der Waals surface area contributed by atoms with Gasteiger partial charge in [-0.05, 0) is 52.7 Å². The molecule has 1 fully saturated rings. The van der Waals surface area contributed by atoms with Crippen LogP contribution in [0, 0.1) is 12.7 Å². The number of hydroxylamine groups is 1. The van der Waals surface area contributed by atoms with Crippen LogP contribution in [-0.2, 0) is 4.84 Å². The van der Waals surface area contributed by atoms with Crippen LogP contribution in [0.25, 0.3) is 5.65 Å². The number of halogens is 1. The fraction of sp³-hybridized carbons (Fsp3) is 0.409. The van der Waals surface area contributed by atoms with Crippen molar-refractivity contribution < 1.29 is 14.0 Å². The molecule has 1 atom stereocenters. The summed E-state index contributed by atoms with van der Waals surface area (Å²) in [5.41, 5.74) is 9.98. The van der Waals surface area contributed by atoms with Crippen molar-refractivity contribution in [2.24, 2.45) is 0 Å². The van der Waals surface area contributed by atoms with Crippen LogP contribution in [0.1, 0.15) is 61.1 Å². The molecule has 1 amide bonds. The number of aryl methyl sites for hydroxylation is 1. The summed E-state index contributed by atoms with van der Waals surface area (Å²) >= 11 is 0. The predicted octanol–water partition coefficient (Wildman–Crippen LogP) is 3.56. The Morgan fingerprint density at radius 1 is 1.32 bits per heavy atom. The Kier molecular flexibility index (Phi) is 5.30. The van der Waals surface area contributed by atoms with Gasteiger partial charge in [0.25, 0.3) is 5.91 Å². The molecule has 1 aromatic carbocycles. The lowest BCUT2D eigenvalue weighted by molar-refractivity contribution is -0.0588. The number of carbonyl (C=O) groups excluding carboxylic acids is 1. The van der Waals surface area contributed by atoms with Gasteiger partial charge in [-0.1, -0.05) is 17.7 Å². The molecule has 1 aliphatic rings. The Labute approximate surface area is 180 Å². The van der Waals surface area contributed by atoms with Gasteiger partial charge in [0.15, 0.2) is 11.5 Å². The van der Waals surface area contributed by atoms with E-state index in [-0.39, 0.29) is 23.2 Å². The SMILES string of the molecule is Cc1ccc(F)c([C@H]2CCCN2c2ccn3nc(N)c(C(=O)NOC(C)(C)C)c3n2)c1. The van der Waals surface area contributed by atoms with Gasteiger partial charge in [-0.15, -0.1) is 5.10 Å². The van der Waals surface area contributed by atoms with E-state index in [0.29, 0.717) is 17.0 Å². The number of hydrogen-bond acceptors (Lipinski definition) is 6. The molecular formula is C22H27FN6O2. The number of aromatic nitrogens is 3. The van der Waals surface area contributed by atoms with E-state index in [1.807, 2.05) is 33.8 Å². The van der Waals surface area contributed by atoms with Crippen molar-refractivity contribution in [2.45, 2.75) is 52.2 Å². The molecule has 0 spiro atoms. The molecule has 4 rings (SSSR count). The van der Waals surface area contributed by atoms with Crippen molar-refractivity contribution in [1.82, 2.24) is 20.1 Å². The fourth-order valence-corrected chi connectivity index (χ4v) is 3.85. The maximum atomic E-state index is 14.6. The molecule has 3 N–H and O–H groups in total. The summed E-state index contributed by atoms with van der Waals surface area (Å²) in [5, 5.41) is 4.19. The summed E-state index contributed by atoms with van der Waals surface area (Å²) in [6.07, 6.45) is 3.44. The highest BCUT2D eigenvalue weighted by molar-refractivity contribution is 6.03. The monoisotopic (exact) mass is 426 g/mol. The second kappa shape index (κ2) is 7.81. The molecule has 164 valence electrons. The zero-order valence-corrected chi connectivity index (χ0v) is 18.1. The van der Waals surface area contributed by atoms with Gasteiger partial charge >= 0.3 is 0 Å². The van der Waals surface area contributed by atoms with Crippen LogP contribution in [0.3, 0.4) is 0 Å². The van der Waals surface area contributed by atoms with Gasteiger partial charge in [0.05, 0.1) is 11.6 Å². The lowest BCUT2D eigenvalue weighted by atomic mass is 10.0. The number of carbonyl (C=O) groups is 1. The maximum absolute atomic E-state index is 14.6. The Hall–Kier alpha value is -3.20. The van der Waals surface area contributed by atoms with E-state index in [2.05, 4.69) is 20.5 Å². The minimum Gasteiger partial charge on any atom is -0.381 e. The van der Waals surface area contributed by atoms with E-state index in [1.54, 1.807) is 18.3 Å². The number of anilines is 2. The standard InChI is InChI=1S/C22H27FN6O2/c1-13-7-8-15(23)14(12-13)16-6-5-10-28(16)17-9-11-29-20(25-17)18(19(24)26-29)21(30)27-31-22(2,3)4/h7-9,11-12,16H,5-6,10H2,1-4H3,(H2,24,26)(H,27,30)/t16-/m1/s1. The van der Waals surface area contributed by atoms with E-state index in [4.69, 9.17) is 10.6 Å². The number of fused-ring (bicyclic) bond motifs is 1. The van der Waals surface area contributed by atoms with Gasteiger partial charge in [-0.3, -0.25) is 9.63 Å². The Morgan fingerprint density at radius 2 is 2.10 bits per heavy atom. The zero-order valence-electron chi connectivity index (χ0n) is 18.1. The first-order chi connectivity index (χ1) is 14.6. The molecule has 0 saturated carbocycles. The Bertz CT molecular complexity index is 1140. The first kappa shape index (κ1) is 21.0. The van der Waals surface area contributed by atoms with Crippen LogP contribution in [0.15, 0.2) is 30.5 Å². The molecule has 8 nitrogen and oxygen atoms in total. The number of rotatable bonds is 4. The number of benzene rings is 1. The quantitative estimate of drug-likeness (QED) is 0.619. The van der Waals surface area contributed by atoms with Crippen molar-refractivity contribution in [3.05, 3.63) is 53.0 Å². The molecule has 9 heteroatoms. The average molecular weight is 426 g/mol. The summed E-state index contributed by atoms with van der Waals surface area (Å²) in [4.78, 5) is 24.8. The zero-order chi connectivity index (χ0) is 22.3. The minimum atomic E-state index is -0.563. The van der Waals surface area contributed by atoms with Crippen LogP contribution in [-0.4, -0.2) is 32.7 Å². The summed E-state index contributed by atoms with van der Waals surface area (Å²) in [7, 11) is 0. The van der Waals surface area contributed by atoms with Gasteiger partial charge in [0.1, 0.15) is 17.2 Å². The minimum absolute atomic E-state index is 0.0577. The van der Waals surface area contributed by atoms with Crippen molar-refractivity contribution in [3.63, 3.8) is 0 Å². The van der Waals surface area contributed by atoms with Gasteiger partial charge in [-0.25, -0.2) is 19.4 Å². The molecule has 0 bridgehead atoms.